The highest BCUT2D eigenvalue weighted by Gasteiger charge is 2.48. The summed E-state index contributed by atoms with van der Waals surface area (Å²) in [7, 11) is 1.59. The summed E-state index contributed by atoms with van der Waals surface area (Å²) in [4.78, 5) is 27.4. The highest BCUT2D eigenvalue weighted by Crippen LogP contribution is 2.41. The third kappa shape index (κ3) is 3.85. The summed E-state index contributed by atoms with van der Waals surface area (Å²) in [5, 5.41) is 11.2. The Kier molecular flexibility index (Phi) is 5.87. The molecule has 31 heavy (non-hydrogen) atoms. The number of carbonyl (C=O) groups is 2. The number of aliphatic hydroxyl groups excluding tert-OH is 1. The minimum Gasteiger partial charge on any atom is -0.507 e. The fourth-order valence-corrected chi connectivity index (χ4v) is 4.31. The van der Waals surface area contributed by atoms with Crippen LogP contribution in [-0.2, 0) is 14.3 Å². The Bertz CT molecular complexity index is 1000. The van der Waals surface area contributed by atoms with Crippen molar-refractivity contribution in [3.63, 3.8) is 0 Å². The molecular weight excluding hydrogens is 398 g/mol. The fourth-order valence-electron chi connectivity index (χ4n) is 4.31. The number of nitrogens with zero attached hydrogens (tertiary/aromatic N) is 1. The van der Waals surface area contributed by atoms with Crippen molar-refractivity contribution in [3.8, 4) is 5.75 Å². The summed E-state index contributed by atoms with van der Waals surface area (Å²) in [5.41, 5.74) is 1.38. The van der Waals surface area contributed by atoms with Gasteiger partial charge in [-0.3, -0.25) is 9.59 Å². The standard InChI is InChI=1S/C24H27NO6/c1-14(2)17-12-15(8-9-18(17)29-3)22(26)20-21(19-7-5-11-31-19)25(24(28)23(20)27)13-16-6-4-10-30-16/h5,7-9,11-12,14,16,21,26H,4,6,10,13H2,1-3H3/b22-20-. The van der Waals surface area contributed by atoms with E-state index in [0.29, 0.717) is 23.7 Å². The number of ketones is 1. The van der Waals surface area contributed by atoms with E-state index in [1.54, 1.807) is 37.4 Å². The second kappa shape index (κ2) is 8.59. The lowest BCUT2D eigenvalue weighted by molar-refractivity contribution is -0.141. The molecule has 1 amide bonds. The predicted molar refractivity (Wildman–Crippen MR) is 114 cm³/mol. The molecule has 7 heteroatoms. The minimum absolute atomic E-state index is 0.0258. The first-order valence-corrected chi connectivity index (χ1v) is 10.5. The van der Waals surface area contributed by atoms with E-state index >= 15 is 0 Å². The summed E-state index contributed by atoms with van der Waals surface area (Å²) in [5.74, 6) is -0.330. The zero-order valence-electron chi connectivity index (χ0n) is 18.0. The van der Waals surface area contributed by atoms with Crippen LogP contribution in [0.25, 0.3) is 5.76 Å². The molecule has 2 saturated heterocycles. The molecule has 2 fully saturated rings. The Morgan fingerprint density at radius 1 is 1.29 bits per heavy atom. The zero-order valence-corrected chi connectivity index (χ0v) is 18.0. The van der Waals surface area contributed by atoms with E-state index < -0.39 is 17.7 Å². The predicted octanol–water partition coefficient (Wildman–Crippen LogP) is 4.01. The summed E-state index contributed by atoms with van der Waals surface area (Å²) >= 11 is 0. The summed E-state index contributed by atoms with van der Waals surface area (Å²) < 4.78 is 16.7. The lowest BCUT2D eigenvalue weighted by atomic mass is 9.95. The van der Waals surface area contributed by atoms with Gasteiger partial charge in [0.2, 0.25) is 0 Å². The van der Waals surface area contributed by atoms with Gasteiger partial charge in [-0.1, -0.05) is 13.8 Å². The topological polar surface area (TPSA) is 89.2 Å². The molecule has 7 nitrogen and oxygen atoms in total. The first-order chi connectivity index (χ1) is 14.9. The van der Waals surface area contributed by atoms with Gasteiger partial charge < -0.3 is 23.9 Å². The average molecular weight is 425 g/mol. The Morgan fingerprint density at radius 2 is 2.10 bits per heavy atom. The monoisotopic (exact) mass is 425 g/mol. The number of hydrogen-bond donors (Lipinski definition) is 1. The molecule has 0 aliphatic carbocycles. The Labute approximate surface area is 181 Å². The maximum absolute atomic E-state index is 13.0. The molecule has 0 spiro atoms. The third-order valence-corrected chi connectivity index (χ3v) is 5.90. The molecule has 164 valence electrons. The van der Waals surface area contributed by atoms with Gasteiger partial charge in [0.1, 0.15) is 23.3 Å². The van der Waals surface area contributed by atoms with Crippen LogP contribution >= 0.6 is 0 Å². The zero-order chi connectivity index (χ0) is 22.1. The first kappa shape index (κ1) is 21.2. The van der Waals surface area contributed by atoms with Gasteiger partial charge in [-0.05, 0) is 54.7 Å². The Hall–Kier alpha value is -3.06. The van der Waals surface area contributed by atoms with Crippen molar-refractivity contribution in [1.29, 1.82) is 0 Å². The van der Waals surface area contributed by atoms with Gasteiger partial charge in [0.25, 0.3) is 11.7 Å². The van der Waals surface area contributed by atoms with E-state index in [0.717, 1.165) is 18.4 Å². The van der Waals surface area contributed by atoms with E-state index in [-0.39, 0.29) is 29.9 Å². The van der Waals surface area contributed by atoms with Crippen molar-refractivity contribution in [2.75, 3.05) is 20.3 Å². The van der Waals surface area contributed by atoms with Crippen LogP contribution < -0.4 is 4.74 Å². The normalized spacial score (nSPS) is 23.2. The number of carbonyl (C=O) groups excluding carboxylic acids is 2. The number of amides is 1. The smallest absolute Gasteiger partial charge is 0.295 e. The molecule has 0 saturated carbocycles. The summed E-state index contributed by atoms with van der Waals surface area (Å²) in [6, 6.07) is 7.85. The molecule has 2 aliphatic heterocycles. The number of ether oxygens (including phenoxy) is 2. The molecule has 0 bridgehead atoms. The van der Waals surface area contributed by atoms with Crippen molar-refractivity contribution in [1.82, 2.24) is 4.90 Å². The van der Waals surface area contributed by atoms with Crippen LogP contribution in [0.15, 0.2) is 46.6 Å². The van der Waals surface area contributed by atoms with Crippen molar-refractivity contribution >= 4 is 17.4 Å². The quantitative estimate of drug-likeness (QED) is 0.427. The fraction of sp³-hybridized carbons (Fsp3) is 0.417. The molecular formula is C24H27NO6. The minimum atomic E-state index is -0.802. The number of likely N-dealkylation sites (tertiary alicyclic amines) is 1. The number of aliphatic hydroxyl groups is 1. The Balaban J connectivity index is 1.81. The van der Waals surface area contributed by atoms with Crippen molar-refractivity contribution in [2.45, 2.75) is 44.8 Å². The lowest BCUT2D eigenvalue weighted by Crippen LogP contribution is -2.36. The van der Waals surface area contributed by atoms with Crippen LogP contribution in [0.4, 0.5) is 0 Å². The second-order valence-corrected chi connectivity index (χ2v) is 8.21. The molecule has 4 rings (SSSR count). The van der Waals surface area contributed by atoms with Crippen LogP contribution in [0.2, 0.25) is 0 Å². The Morgan fingerprint density at radius 3 is 2.71 bits per heavy atom. The van der Waals surface area contributed by atoms with Gasteiger partial charge in [-0.15, -0.1) is 0 Å². The number of rotatable bonds is 6. The SMILES string of the molecule is COc1ccc(/C(O)=C2/C(=O)C(=O)N(CC3CCCO3)C2c2ccco2)cc1C(C)C. The van der Waals surface area contributed by atoms with Gasteiger partial charge in [-0.25, -0.2) is 0 Å². The largest absolute Gasteiger partial charge is 0.507 e. The van der Waals surface area contributed by atoms with Gasteiger partial charge in [0.15, 0.2) is 0 Å². The number of Topliss-reactive ketones (excluding diaryl/α,β-unsaturated/α-hetero) is 1. The molecule has 2 aliphatic rings. The molecule has 2 atom stereocenters. The van der Waals surface area contributed by atoms with E-state index in [1.807, 2.05) is 13.8 Å². The van der Waals surface area contributed by atoms with Crippen molar-refractivity contribution in [2.24, 2.45) is 0 Å². The van der Waals surface area contributed by atoms with E-state index in [2.05, 4.69) is 0 Å². The summed E-state index contributed by atoms with van der Waals surface area (Å²) in [6.07, 6.45) is 3.10. The van der Waals surface area contributed by atoms with E-state index in [4.69, 9.17) is 13.9 Å². The number of benzene rings is 1. The summed E-state index contributed by atoms with van der Waals surface area (Å²) in [6.45, 7) is 4.95. The van der Waals surface area contributed by atoms with Crippen LogP contribution in [0, 0.1) is 0 Å². The molecule has 2 unspecified atom stereocenters. The molecule has 3 heterocycles. The van der Waals surface area contributed by atoms with E-state index in [1.165, 1.54) is 11.2 Å². The van der Waals surface area contributed by atoms with Gasteiger partial charge in [0, 0.05) is 18.7 Å². The third-order valence-electron chi connectivity index (χ3n) is 5.90. The maximum Gasteiger partial charge on any atom is 0.295 e. The van der Waals surface area contributed by atoms with Crippen molar-refractivity contribution < 1.29 is 28.6 Å². The first-order valence-electron chi connectivity index (χ1n) is 10.5. The molecule has 1 aromatic heterocycles. The molecule has 2 aromatic rings. The van der Waals surface area contributed by atoms with Crippen LogP contribution in [0.1, 0.15) is 55.5 Å². The van der Waals surface area contributed by atoms with E-state index in [9.17, 15) is 14.7 Å². The van der Waals surface area contributed by atoms with Crippen LogP contribution in [-0.4, -0.2) is 48.1 Å². The highest BCUT2D eigenvalue weighted by molar-refractivity contribution is 6.46. The molecule has 1 aromatic carbocycles. The second-order valence-electron chi connectivity index (χ2n) is 8.21. The lowest BCUT2D eigenvalue weighted by Gasteiger charge is -2.25. The maximum atomic E-state index is 13.0. The van der Waals surface area contributed by atoms with Gasteiger partial charge >= 0.3 is 0 Å². The highest BCUT2D eigenvalue weighted by atomic mass is 16.5. The van der Waals surface area contributed by atoms with Crippen LogP contribution in [0.5, 0.6) is 5.75 Å². The van der Waals surface area contributed by atoms with Crippen LogP contribution in [0.3, 0.4) is 0 Å². The molecule has 0 radical (unpaired) electrons. The number of furan rings is 1. The van der Waals surface area contributed by atoms with Crippen molar-refractivity contribution in [3.05, 3.63) is 59.1 Å². The van der Waals surface area contributed by atoms with Gasteiger partial charge in [-0.2, -0.15) is 0 Å². The number of hydrogen-bond acceptors (Lipinski definition) is 6. The molecule has 1 N–H and O–H groups in total. The number of methoxy groups -OCH3 is 1. The van der Waals surface area contributed by atoms with Gasteiger partial charge in [0.05, 0.1) is 25.1 Å². The average Bonchev–Trinajstić information content (AvgIpc) is 3.52.